The lowest BCUT2D eigenvalue weighted by Gasteiger charge is -1.96. The molecule has 3 nitrogen and oxygen atoms in total. The maximum absolute atomic E-state index is 4.34. The lowest BCUT2D eigenvalue weighted by Crippen LogP contribution is -1.87. The third kappa shape index (κ3) is 0.993. The van der Waals surface area contributed by atoms with Crippen molar-refractivity contribution < 1.29 is 0 Å². The van der Waals surface area contributed by atoms with Gasteiger partial charge in [0.05, 0.1) is 11.9 Å². The van der Waals surface area contributed by atoms with Gasteiger partial charge in [0.1, 0.15) is 5.52 Å². The van der Waals surface area contributed by atoms with E-state index in [0.29, 0.717) is 0 Å². The Morgan fingerprint density at radius 3 is 3.17 bits per heavy atom. The first-order valence-electron chi connectivity index (χ1n) is 3.73. The molecule has 0 aromatic carbocycles. The summed E-state index contributed by atoms with van der Waals surface area (Å²) in [7, 11) is 0. The van der Waals surface area contributed by atoms with Crippen molar-refractivity contribution in [1.29, 1.82) is 0 Å². The van der Waals surface area contributed by atoms with Crippen LogP contribution in [0.4, 0.5) is 0 Å². The zero-order valence-electron chi connectivity index (χ0n) is 6.83. The summed E-state index contributed by atoms with van der Waals surface area (Å²) >= 11 is 0. The standard InChI is InChI=1S/C9H9N3/c1-6(2)8-5-11-9-7(12-8)3-4-10-9/h3-5H,1H2,2H3,(H,10,11). The molecule has 60 valence electrons. The highest BCUT2D eigenvalue weighted by Gasteiger charge is 1.99. The zero-order valence-corrected chi connectivity index (χ0v) is 6.83. The van der Waals surface area contributed by atoms with Crippen LogP contribution in [0.5, 0.6) is 0 Å². The number of nitrogens with one attached hydrogen (secondary N) is 1. The summed E-state index contributed by atoms with van der Waals surface area (Å²) in [6.45, 7) is 5.72. The predicted octanol–water partition coefficient (Wildman–Crippen LogP) is 1.99. The third-order valence-electron chi connectivity index (χ3n) is 1.70. The molecule has 0 spiro atoms. The fourth-order valence-electron chi connectivity index (χ4n) is 1.04. The molecule has 2 rings (SSSR count). The number of aromatic nitrogens is 3. The van der Waals surface area contributed by atoms with Crippen molar-refractivity contribution in [3.05, 3.63) is 30.7 Å². The molecular formula is C9H9N3. The number of rotatable bonds is 1. The van der Waals surface area contributed by atoms with Crippen molar-refractivity contribution in [3.63, 3.8) is 0 Å². The average Bonchev–Trinajstić information content (AvgIpc) is 2.49. The van der Waals surface area contributed by atoms with E-state index in [0.717, 1.165) is 22.4 Å². The third-order valence-corrected chi connectivity index (χ3v) is 1.70. The van der Waals surface area contributed by atoms with Gasteiger partial charge in [-0.15, -0.1) is 0 Å². The Hall–Kier alpha value is -1.64. The van der Waals surface area contributed by atoms with Gasteiger partial charge in [-0.05, 0) is 18.6 Å². The Kier molecular flexibility index (Phi) is 1.43. The lowest BCUT2D eigenvalue weighted by atomic mass is 10.2. The molecule has 0 aliphatic heterocycles. The first kappa shape index (κ1) is 7.03. The van der Waals surface area contributed by atoms with Crippen LogP contribution in [0.25, 0.3) is 16.7 Å². The Morgan fingerprint density at radius 2 is 2.42 bits per heavy atom. The quantitative estimate of drug-likeness (QED) is 0.691. The highest BCUT2D eigenvalue weighted by Crippen LogP contribution is 2.11. The van der Waals surface area contributed by atoms with Crippen molar-refractivity contribution in [2.24, 2.45) is 0 Å². The number of fused-ring (bicyclic) bond motifs is 1. The highest BCUT2D eigenvalue weighted by molar-refractivity contribution is 5.72. The van der Waals surface area contributed by atoms with Gasteiger partial charge in [0, 0.05) is 6.20 Å². The maximum Gasteiger partial charge on any atom is 0.156 e. The minimum absolute atomic E-state index is 0.819. The molecule has 0 atom stereocenters. The van der Waals surface area contributed by atoms with Gasteiger partial charge in [0.25, 0.3) is 0 Å². The normalized spacial score (nSPS) is 10.4. The molecule has 0 saturated carbocycles. The summed E-state index contributed by atoms with van der Waals surface area (Å²) in [6, 6.07) is 1.90. The molecule has 0 amide bonds. The molecule has 2 aromatic rings. The van der Waals surface area contributed by atoms with Crippen LogP contribution < -0.4 is 0 Å². The lowest BCUT2D eigenvalue weighted by molar-refractivity contribution is 1.23. The Labute approximate surface area is 70.2 Å². The number of nitrogens with zero attached hydrogens (tertiary/aromatic N) is 2. The Morgan fingerprint density at radius 1 is 1.58 bits per heavy atom. The van der Waals surface area contributed by atoms with Crippen LogP contribution in [-0.2, 0) is 0 Å². The second kappa shape index (κ2) is 2.44. The minimum Gasteiger partial charge on any atom is -0.345 e. The van der Waals surface area contributed by atoms with Gasteiger partial charge in [0.15, 0.2) is 5.65 Å². The second-order valence-electron chi connectivity index (χ2n) is 2.75. The first-order chi connectivity index (χ1) is 5.77. The van der Waals surface area contributed by atoms with E-state index >= 15 is 0 Å². The van der Waals surface area contributed by atoms with E-state index in [4.69, 9.17) is 0 Å². The summed E-state index contributed by atoms with van der Waals surface area (Å²) in [5, 5.41) is 0. The van der Waals surface area contributed by atoms with Crippen molar-refractivity contribution in [2.75, 3.05) is 0 Å². The fourth-order valence-corrected chi connectivity index (χ4v) is 1.04. The maximum atomic E-state index is 4.34. The van der Waals surface area contributed by atoms with Crippen LogP contribution in [0.2, 0.25) is 0 Å². The van der Waals surface area contributed by atoms with E-state index in [1.807, 2.05) is 19.2 Å². The fraction of sp³-hybridized carbons (Fsp3) is 0.111. The summed E-state index contributed by atoms with van der Waals surface area (Å²) < 4.78 is 0. The molecule has 0 unspecified atom stereocenters. The second-order valence-corrected chi connectivity index (χ2v) is 2.75. The zero-order chi connectivity index (χ0) is 8.55. The molecule has 0 fully saturated rings. The van der Waals surface area contributed by atoms with E-state index in [1.165, 1.54) is 0 Å². The van der Waals surface area contributed by atoms with Crippen molar-refractivity contribution >= 4 is 16.7 Å². The average molecular weight is 159 g/mol. The summed E-state index contributed by atoms with van der Waals surface area (Å²) in [4.78, 5) is 11.5. The smallest absolute Gasteiger partial charge is 0.156 e. The van der Waals surface area contributed by atoms with Gasteiger partial charge in [-0.1, -0.05) is 6.58 Å². The first-order valence-corrected chi connectivity index (χ1v) is 3.73. The number of aromatic amines is 1. The molecular weight excluding hydrogens is 150 g/mol. The molecule has 0 saturated heterocycles. The van der Waals surface area contributed by atoms with Crippen LogP contribution in [0, 0.1) is 0 Å². The molecule has 0 aliphatic rings. The van der Waals surface area contributed by atoms with E-state index in [1.54, 1.807) is 6.20 Å². The molecule has 2 aromatic heterocycles. The number of H-pyrrole nitrogens is 1. The number of hydrogen-bond donors (Lipinski definition) is 1. The van der Waals surface area contributed by atoms with E-state index < -0.39 is 0 Å². The molecule has 1 N–H and O–H groups in total. The van der Waals surface area contributed by atoms with E-state index in [2.05, 4.69) is 21.5 Å². The van der Waals surface area contributed by atoms with Crippen LogP contribution in [0.3, 0.4) is 0 Å². The molecule has 3 heteroatoms. The van der Waals surface area contributed by atoms with Crippen LogP contribution in [0.1, 0.15) is 12.6 Å². The van der Waals surface area contributed by atoms with E-state index in [-0.39, 0.29) is 0 Å². The molecule has 12 heavy (non-hydrogen) atoms. The Balaban J connectivity index is 2.68. The topological polar surface area (TPSA) is 41.6 Å². The number of allylic oxidation sites excluding steroid dienone is 1. The van der Waals surface area contributed by atoms with Crippen molar-refractivity contribution in [3.8, 4) is 0 Å². The molecule has 0 aliphatic carbocycles. The van der Waals surface area contributed by atoms with Crippen molar-refractivity contribution in [1.82, 2.24) is 15.0 Å². The molecule has 0 bridgehead atoms. The van der Waals surface area contributed by atoms with Crippen LogP contribution in [0.15, 0.2) is 25.0 Å². The van der Waals surface area contributed by atoms with Gasteiger partial charge in [0.2, 0.25) is 0 Å². The van der Waals surface area contributed by atoms with E-state index in [9.17, 15) is 0 Å². The summed E-state index contributed by atoms with van der Waals surface area (Å²) in [5.41, 5.74) is 3.49. The van der Waals surface area contributed by atoms with Crippen LogP contribution in [-0.4, -0.2) is 15.0 Å². The van der Waals surface area contributed by atoms with Crippen LogP contribution >= 0.6 is 0 Å². The molecule has 2 heterocycles. The van der Waals surface area contributed by atoms with Crippen molar-refractivity contribution in [2.45, 2.75) is 6.92 Å². The Bertz CT molecular complexity index is 428. The van der Waals surface area contributed by atoms with Gasteiger partial charge in [-0.2, -0.15) is 0 Å². The van der Waals surface area contributed by atoms with Gasteiger partial charge >= 0.3 is 0 Å². The van der Waals surface area contributed by atoms with Gasteiger partial charge in [-0.3, -0.25) is 0 Å². The largest absolute Gasteiger partial charge is 0.345 e. The highest BCUT2D eigenvalue weighted by atomic mass is 14.9. The molecule has 0 radical (unpaired) electrons. The number of hydrogen-bond acceptors (Lipinski definition) is 2. The monoisotopic (exact) mass is 159 g/mol. The SMILES string of the molecule is C=C(C)c1cnc2[nH]ccc2n1. The summed E-state index contributed by atoms with van der Waals surface area (Å²) in [6.07, 6.45) is 3.55. The van der Waals surface area contributed by atoms with Gasteiger partial charge in [-0.25, -0.2) is 9.97 Å². The summed E-state index contributed by atoms with van der Waals surface area (Å²) in [5.74, 6) is 0. The minimum atomic E-state index is 0.819. The van der Waals surface area contributed by atoms with Gasteiger partial charge < -0.3 is 4.98 Å². The predicted molar refractivity (Wildman–Crippen MR) is 48.6 cm³/mol.